The van der Waals surface area contributed by atoms with Crippen LogP contribution in [0.15, 0.2) is 65.1 Å². The lowest BCUT2D eigenvalue weighted by molar-refractivity contribution is -0.116. The van der Waals surface area contributed by atoms with Crippen molar-refractivity contribution >= 4 is 27.9 Å². The summed E-state index contributed by atoms with van der Waals surface area (Å²) in [5, 5.41) is 12.6. The summed E-state index contributed by atoms with van der Waals surface area (Å²) in [5.74, 6) is -0.229. The summed E-state index contributed by atoms with van der Waals surface area (Å²) in [5.41, 5.74) is 1.73. The maximum Gasteiger partial charge on any atom is 0.244 e. The van der Waals surface area contributed by atoms with Crippen LogP contribution in [0.25, 0.3) is 6.08 Å². The lowest BCUT2D eigenvalue weighted by Crippen LogP contribution is -2.26. The predicted molar refractivity (Wildman–Crippen MR) is 87.6 cm³/mol. The molecule has 0 radical (unpaired) electrons. The second-order valence-electron chi connectivity index (χ2n) is 4.56. The van der Waals surface area contributed by atoms with Crippen LogP contribution in [0.5, 0.6) is 0 Å². The first kappa shape index (κ1) is 15.5. The zero-order valence-corrected chi connectivity index (χ0v) is 13.0. The van der Waals surface area contributed by atoms with E-state index in [9.17, 15) is 9.90 Å². The van der Waals surface area contributed by atoms with E-state index in [4.69, 9.17) is 0 Å². The molecular formula is C17H16BrNO2. The maximum atomic E-state index is 11.7. The van der Waals surface area contributed by atoms with E-state index in [2.05, 4.69) is 21.2 Å². The molecule has 0 aliphatic carbocycles. The number of halogens is 1. The van der Waals surface area contributed by atoms with Crippen molar-refractivity contribution in [1.82, 2.24) is 5.32 Å². The molecule has 4 heteroatoms. The van der Waals surface area contributed by atoms with E-state index in [0.717, 1.165) is 15.6 Å². The molecule has 0 spiro atoms. The van der Waals surface area contributed by atoms with E-state index < -0.39 is 6.10 Å². The first-order valence-electron chi connectivity index (χ1n) is 6.59. The summed E-state index contributed by atoms with van der Waals surface area (Å²) in [6, 6.07) is 16.9. The molecule has 0 saturated heterocycles. The second-order valence-corrected chi connectivity index (χ2v) is 5.47. The van der Waals surface area contributed by atoms with Gasteiger partial charge in [-0.25, -0.2) is 0 Å². The van der Waals surface area contributed by atoms with Gasteiger partial charge >= 0.3 is 0 Å². The third-order valence-electron chi connectivity index (χ3n) is 2.95. The van der Waals surface area contributed by atoms with E-state index in [1.807, 2.05) is 54.6 Å². The van der Waals surface area contributed by atoms with Crippen molar-refractivity contribution in [3.63, 3.8) is 0 Å². The summed E-state index contributed by atoms with van der Waals surface area (Å²) < 4.78 is 0.995. The zero-order chi connectivity index (χ0) is 15.1. The molecule has 108 valence electrons. The highest BCUT2D eigenvalue weighted by Gasteiger charge is 2.07. The molecule has 21 heavy (non-hydrogen) atoms. The quantitative estimate of drug-likeness (QED) is 0.816. The number of carbonyl (C=O) groups excluding carboxylic acids is 1. The minimum atomic E-state index is -0.698. The van der Waals surface area contributed by atoms with Crippen LogP contribution >= 0.6 is 15.9 Å². The molecular weight excluding hydrogens is 330 g/mol. The van der Waals surface area contributed by atoms with Gasteiger partial charge in [-0.2, -0.15) is 0 Å². The molecule has 0 aromatic heterocycles. The van der Waals surface area contributed by atoms with Gasteiger partial charge in [-0.1, -0.05) is 58.4 Å². The van der Waals surface area contributed by atoms with Gasteiger partial charge in [0.2, 0.25) is 5.91 Å². The monoisotopic (exact) mass is 345 g/mol. The van der Waals surface area contributed by atoms with Gasteiger partial charge in [0.1, 0.15) is 0 Å². The third kappa shape index (κ3) is 5.17. The van der Waals surface area contributed by atoms with Crippen LogP contribution in [-0.4, -0.2) is 17.6 Å². The smallest absolute Gasteiger partial charge is 0.244 e. The number of hydrogen-bond acceptors (Lipinski definition) is 2. The highest BCUT2D eigenvalue weighted by atomic mass is 79.9. The molecule has 2 aromatic carbocycles. The molecule has 0 fully saturated rings. The number of hydrogen-bond donors (Lipinski definition) is 2. The van der Waals surface area contributed by atoms with Gasteiger partial charge < -0.3 is 10.4 Å². The standard InChI is InChI=1S/C17H16BrNO2/c18-15-9-6-13(7-10-15)8-11-17(21)19-12-16(20)14-4-2-1-3-5-14/h1-11,16,20H,12H2,(H,19,21)/b11-8+. The Morgan fingerprint density at radius 2 is 1.81 bits per heavy atom. The Balaban J connectivity index is 1.83. The average molecular weight is 346 g/mol. The van der Waals surface area contributed by atoms with E-state index >= 15 is 0 Å². The largest absolute Gasteiger partial charge is 0.387 e. The zero-order valence-electron chi connectivity index (χ0n) is 11.4. The molecule has 1 unspecified atom stereocenters. The highest BCUT2D eigenvalue weighted by Crippen LogP contribution is 2.12. The fraction of sp³-hybridized carbons (Fsp3) is 0.118. The summed E-state index contributed by atoms with van der Waals surface area (Å²) in [6.07, 6.45) is 2.49. The van der Waals surface area contributed by atoms with Crippen molar-refractivity contribution in [3.05, 3.63) is 76.3 Å². The number of benzene rings is 2. The Hall–Kier alpha value is -1.91. The van der Waals surface area contributed by atoms with Gasteiger partial charge in [-0.3, -0.25) is 4.79 Å². The summed E-state index contributed by atoms with van der Waals surface area (Å²) in [7, 11) is 0. The summed E-state index contributed by atoms with van der Waals surface area (Å²) in [4.78, 5) is 11.7. The van der Waals surface area contributed by atoms with Crippen LogP contribution in [0.2, 0.25) is 0 Å². The second kappa shape index (κ2) is 7.76. The van der Waals surface area contributed by atoms with Crippen LogP contribution in [0.1, 0.15) is 17.2 Å². The Morgan fingerprint density at radius 3 is 2.48 bits per heavy atom. The lowest BCUT2D eigenvalue weighted by Gasteiger charge is -2.10. The van der Waals surface area contributed by atoms with Crippen molar-refractivity contribution in [1.29, 1.82) is 0 Å². The first-order chi connectivity index (χ1) is 10.1. The van der Waals surface area contributed by atoms with E-state index in [0.29, 0.717) is 0 Å². The van der Waals surface area contributed by atoms with Crippen molar-refractivity contribution in [2.45, 2.75) is 6.10 Å². The SMILES string of the molecule is O=C(/C=C/c1ccc(Br)cc1)NCC(O)c1ccccc1. The first-order valence-corrected chi connectivity index (χ1v) is 7.39. The molecule has 0 saturated carbocycles. The van der Waals surface area contributed by atoms with E-state index in [-0.39, 0.29) is 12.5 Å². The van der Waals surface area contributed by atoms with Crippen LogP contribution < -0.4 is 5.32 Å². The minimum absolute atomic E-state index is 0.188. The van der Waals surface area contributed by atoms with Gasteiger partial charge in [0, 0.05) is 17.1 Å². The molecule has 3 nitrogen and oxygen atoms in total. The van der Waals surface area contributed by atoms with Gasteiger partial charge in [0.05, 0.1) is 6.10 Å². The number of aliphatic hydroxyl groups is 1. The summed E-state index contributed by atoms with van der Waals surface area (Å²) in [6.45, 7) is 0.188. The van der Waals surface area contributed by atoms with Gasteiger partial charge in [0.15, 0.2) is 0 Å². The van der Waals surface area contributed by atoms with Crippen LogP contribution in [0.3, 0.4) is 0 Å². The third-order valence-corrected chi connectivity index (χ3v) is 3.48. The Kier molecular flexibility index (Phi) is 5.72. The lowest BCUT2D eigenvalue weighted by atomic mass is 10.1. The van der Waals surface area contributed by atoms with Crippen molar-refractivity contribution in [2.24, 2.45) is 0 Å². The molecule has 2 N–H and O–H groups in total. The molecule has 1 atom stereocenters. The minimum Gasteiger partial charge on any atom is -0.387 e. The summed E-state index contributed by atoms with van der Waals surface area (Å²) >= 11 is 3.36. The van der Waals surface area contributed by atoms with Crippen LogP contribution in [-0.2, 0) is 4.79 Å². The fourth-order valence-corrected chi connectivity index (χ4v) is 2.06. The maximum absolute atomic E-state index is 11.7. The topological polar surface area (TPSA) is 49.3 Å². The van der Waals surface area contributed by atoms with E-state index in [1.54, 1.807) is 6.08 Å². The van der Waals surface area contributed by atoms with E-state index in [1.165, 1.54) is 6.08 Å². The van der Waals surface area contributed by atoms with Crippen LogP contribution in [0.4, 0.5) is 0 Å². The Labute approximate surface area is 132 Å². The molecule has 0 bridgehead atoms. The Bertz CT molecular complexity index is 608. The van der Waals surface area contributed by atoms with Crippen molar-refractivity contribution in [2.75, 3.05) is 6.54 Å². The number of amides is 1. The molecule has 0 heterocycles. The number of carbonyl (C=O) groups is 1. The molecule has 0 aliphatic heterocycles. The molecule has 2 aromatic rings. The number of aliphatic hydroxyl groups excluding tert-OH is 1. The predicted octanol–water partition coefficient (Wildman–Crippen LogP) is 3.31. The van der Waals surface area contributed by atoms with Crippen LogP contribution in [0, 0.1) is 0 Å². The highest BCUT2D eigenvalue weighted by molar-refractivity contribution is 9.10. The Morgan fingerprint density at radius 1 is 1.14 bits per heavy atom. The van der Waals surface area contributed by atoms with Gasteiger partial charge in [-0.15, -0.1) is 0 Å². The number of nitrogens with one attached hydrogen (secondary N) is 1. The van der Waals surface area contributed by atoms with Crippen molar-refractivity contribution < 1.29 is 9.90 Å². The normalized spacial score (nSPS) is 12.3. The molecule has 0 aliphatic rings. The van der Waals surface area contributed by atoms with Gasteiger partial charge in [-0.05, 0) is 29.3 Å². The number of rotatable bonds is 5. The molecule has 1 amide bonds. The average Bonchev–Trinajstić information content (AvgIpc) is 2.53. The van der Waals surface area contributed by atoms with Crippen molar-refractivity contribution in [3.8, 4) is 0 Å². The fourth-order valence-electron chi connectivity index (χ4n) is 1.80. The molecule has 2 rings (SSSR count). The van der Waals surface area contributed by atoms with Gasteiger partial charge in [0.25, 0.3) is 0 Å².